The monoisotopic (exact) mass is 314 g/mol. The topological polar surface area (TPSA) is 44.1 Å². The molecule has 0 spiro atoms. The Morgan fingerprint density at radius 3 is 2.53 bits per heavy atom. The minimum Gasteiger partial charge on any atom is -0.326 e. The number of nitrogens with zero attached hydrogens (tertiary/aromatic N) is 2. The van der Waals surface area contributed by atoms with Crippen molar-refractivity contribution in [2.24, 2.45) is 0 Å². The molecule has 1 aromatic carbocycles. The summed E-state index contributed by atoms with van der Waals surface area (Å²) < 4.78 is 1.09. The van der Waals surface area contributed by atoms with Gasteiger partial charge in [-0.1, -0.05) is 0 Å². The number of nitriles is 1. The molecule has 15 heavy (non-hydrogen) atoms. The minimum absolute atomic E-state index is 0.0875. The van der Waals surface area contributed by atoms with E-state index < -0.39 is 0 Å². The van der Waals surface area contributed by atoms with Crippen LogP contribution in [0.5, 0.6) is 0 Å². The number of carbonyl (C=O) groups is 1. The highest BCUT2D eigenvalue weighted by Gasteiger charge is 2.12. The van der Waals surface area contributed by atoms with Gasteiger partial charge in [-0.15, -0.1) is 0 Å². The van der Waals surface area contributed by atoms with E-state index in [2.05, 4.69) is 22.6 Å². The second kappa shape index (κ2) is 5.71. The summed E-state index contributed by atoms with van der Waals surface area (Å²) in [4.78, 5) is 13.4. The SMILES string of the molecule is CCN(CC#N)C(=O)c1ccc(I)cc1. The Morgan fingerprint density at radius 2 is 2.07 bits per heavy atom. The van der Waals surface area contributed by atoms with Gasteiger partial charge in [0.15, 0.2) is 0 Å². The number of rotatable bonds is 3. The van der Waals surface area contributed by atoms with Crippen LogP contribution in [0.2, 0.25) is 0 Å². The molecule has 0 N–H and O–H groups in total. The maximum atomic E-state index is 11.8. The maximum absolute atomic E-state index is 11.8. The van der Waals surface area contributed by atoms with Crippen molar-refractivity contribution in [2.75, 3.05) is 13.1 Å². The van der Waals surface area contributed by atoms with Crippen LogP contribution in [0.4, 0.5) is 0 Å². The fraction of sp³-hybridized carbons (Fsp3) is 0.273. The second-order valence-corrected chi connectivity index (χ2v) is 4.23. The Kier molecular flexibility index (Phi) is 4.56. The fourth-order valence-electron chi connectivity index (χ4n) is 1.19. The summed E-state index contributed by atoms with van der Waals surface area (Å²) in [5.41, 5.74) is 0.632. The molecule has 0 aliphatic carbocycles. The summed E-state index contributed by atoms with van der Waals surface area (Å²) in [6, 6.07) is 9.31. The molecular weight excluding hydrogens is 303 g/mol. The van der Waals surface area contributed by atoms with E-state index >= 15 is 0 Å². The molecule has 0 heterocycles. The molecule has 78 valence electrons. The fourth-order valence-corrected chi connectivity index (χ4v) is 1.55. The van der Waals surface area contributed by atoms with E-state index in [4.69, 9.17) is 5.26 Å². The van der Waals surface area contributed by atoms with Gasteiger partial charge in [0.2, 0.25) is 0 Å². The summed E-state index contributed by atoms with van der Waals surface area (Å²) in [7, 11) is 0. The van der Waals surface area contributed by atoms with Gasteiger partial charge in [-0.05, 0) is 53.8 Å². The van der Waals surface area contributed by atoms with E-state index in [1.54, 1.807) is 12.1 Å². The number of carbonyl (C=O) groups excluding carboxylic acids is 1. The third-order valence-electron chi connectivity index (χ3n) is 2.02. The van der Waals surface area contributed by atoms with Crippen molar-refractivity contribution < 1.29 is 4.79 Å². The van der Waals surface area contributed by atoms with Gasteiger partial charge in [0.25, 0.3) is 5.91 Å². The van der Waals surface area contributed by atoms with Crippen molar-refractivity contribution in [3.8, 4) is 6.07 Å². The molecular formula is C11H11IN2O. The van der Waals surface area contributed by atoms with Crippen LogP contribution in [0.3, 0.4) is 0 Å². The summed E-state index contributed by atoms with van der Waals surface area (Å²) in [6.07, 6.45) is 0. The quantitative estimate of drug-likeness (QED) is 0.635. The Hall–Kier alpha value is -1.09. The molecule has 0 fully saturated rings. The minimum atomic E-state index is -0.0875. The van der Waals surface area contributed by atoms with Gasteiger partial charge in [0.05, 0.1) is 6.07 Å². The molecule has 0 unspecified atom stereocenters. The van der Waals surface area contributed by atoms with Crippen molar-refractivity contribution in [2.45, 2.75) is 6.92 Å². The van der Waals surface area contributed by atoms with Crippen LogP contribution in [-0.4, -0.2) is 23.9 Å². The smallest absolute Gasteiger partial charge is 0.254 e. The zero-order chi connectivity index (χ0) is 11.3. The molecule has 0 aliphatic heterocycles. The van der Waals surface area contributed by atoms with Gasteiger partial charge in [-0.3, -0.25) is 4.79 Å². The third kappa shape index (κ3) is 3.20. The molecule has 1 amide bonds. The van der Waals surface area contributed by atoms with E-state index in [0.717, 1.165) is 3.57 Å². The molecule has 4 heteroatoms. The molecule has 0 saturated heterocycles. The van der Waals surface area contributed by atoms with Gasteiger partial charge in [-0.25, -0.2) is 0 Å². The zero-order valence-corrected chi connectivity index (χ0v) is 10.6. The Bertz CT molecular complexity index is 381. The summed E-state index contributed by atoms with van der Waals surface area (Å²) >= 11 is 2.19. The first-order valence-electron chi connectivity index (χ1n) is 4.60. The molecule has 0 atom stereocenters. The van der Waals surface area contributed by atoms with Crippen LogP contribution in [0, 0.1) is 14.9 Å². The number of benzene rings is 1. The van der Waals surface area contributed by atoms with Crippen LogP contribution < -0.4 is 0 Å². The van der Waals surface area contributed by atoms with Crippen molar-refractivity contribution in [1.29, 1.82) is 5.26 Å². The first-order chi connectivity index (χ1) is 7.19. The van der Waals surface area contributed by atoms with Crippen LogP contribution in [-0.2, 0) is 0 Å². The number of halogens is 1. The van der Waals surface area contributed by atoms with Gasteiger partial charge < -0.3 is 4.90 Å². The first kappa shape index (κ1) is 12.0. The predicted octanol–water partition coefficient (Wildman–Crippen LogP) is 2.28. The molecule has 0 aromatic heterocycles. The molecule has 1 rings (SSSR count). The third-order valence-corrected chi connectivity index (χ3v) is 2.74. The first-order valence-corrected chi connectivity index (χ1v) is 5.68. The van der Waals surface area contributed by atoms with E-state index in [-0.39, 0.29) is 12.5 Å². The number of amides is 1. The van der Waals surface area contributed by atoms with Crippen LogP contribution >= 0.6 is 22.6 Å². The van der Waals surface area contributed by atoms with Crippen molar-refractivity contribution in [3.63, 3.8) is 0 Å². The van der Waals surface area contributed by atoms with Gasteiger partial charge in [-0.2, -0.15) is 5.26 Å². The van der Waals surface area contributed by atoms with Gasteiger partial charge >= 0.3 is 0 Å². The largest absolute Gasteiger partial charge is 0.326 e. The van der Waals surface area contributed by atoms with Crippen molar-refractivity contribution in [3.05, 3.63) is 33.4 Å². The van der Waals surface area contributed by atoms with Crippen LogP contribution in [0.15, 0.2) is 24.3 Å². The summed E-state index contributed by atoms with van der Waals surface area (Å²) in [6.45, 7) is 2.56. The normalized spacial score (nSPS) is 9.40. The highest BCUT2D eigenvalue weighted by atomic mass is 127. The number of hydrogen-bond donors (Lipinski definition) is 0. The molecule has 0 saturated carbocycles. The molecule has 1 aromatic rings. The standard InChI is InChI=1S/C11H11IN2O/c1-2-14(8-7-13)11(15)9-3-5-10(12)6-4-9/h3-6H,2,8H2,1H3. The second-order valence-electron chi connectivity index (χ2n) is 2.98. The number of hydrogen-bond acceptors (Lipinski definition) is 2. The van der Waals surface area contributed by atoms with Gasteiger partial charge in [0, 0.05) is 15.7 Å². The Labute approximate surface area is 103 Å². The highest BCUT2D eigenvalue weighted by Crippen LogP contribution is 2.09. The maximum Gasteiger partial charge on any atom is 0.254 e. The Balaban J connectivity index is 2.84. The van der Waals surface area contributed by atoms with Crippen molar-refractivity contribution >= 4 is 28.5 Å². The van der Waals surface area contributed by atoms with Crippen LogP contribution in [0.1, 0.15) is 17.3 Å². The highest BCUT2D eigenvalue weighted by molar-refractivity contribution is 14.1. The summed E-state index contributed by atoms with van der Waals surface area (Å²) in [5.74, 6) is -0.0875. The lowest BCUT2D eigenvalue weighted by atomic mass is 10.2. The Morgan fingerprint density at radius 1 is 1.47 bits per heavy atom. The molecule has 3 nitrogen and oxygen atoms in total. The zero-order valence-electron chi connectivity index (χ0n) is 8.40. The lowest BCUT2D eigenvalue weighted by Gasteiger charge is -2.16. The van der Waals surface area contributed by atoms with Crippen LogP contribution in [0.25, 0.3) is 0 Å². The molecule has 0 bridgehead atoms. The lowest BCUT2D eigenvalue weighted by Crippen LogP contribution is -2.31. The summed E-state index contributed by atoms with van der Waals surface area (Å²) in [5, 5.41) is 8.56. The molecule has 0 aliphatic rings. The molecule has 0 radical (unpaired) electrons. The average Bonchev–Trinajstić information content (AvgIpc) is 2.26. The van der Waals surface area contributed by atoms with Gasteiger partial charge in [0.1, 0.15) is 6.54 Å². The van der Waals surface area contributed by atoms with E-state index in [1.165, 1.54) is 4.90 Å². The predicted molar refractivity (Wildman–Crippen MR) is 66.3 cm³/mol. The lowest BCUT2D eigenvalue weighted by molar-refractivity contribution is 0.0784. The van der Waals surface area contributed by atoms with Crippen molar-refractivity contribution in [1.82, 2.24) is 4.90 Å². The van der Waals surface area contributed by atoms with E-state index in [9.17, 15) is 4.79 Å². The van der Waals surface area contributed by atoms with E-state index in [1.807, 2.05) is 25.1 Å². The average molecular weight is 314 g/mol. The van der Waals surface area contributed by atoms with E-state index in [0.29, 0.717) is 12.1 Å².